The van der Waals surface area contributed by atoms with Crippen molar-refractivity contribution in [2.24, 2.45) is 7.05 Å². The number of carboxylic acid groups (broad SMARTS) is 1. The van der Waals surface area contributed by atoms with Gasteiger partial charge in [0, 0.05) is 13.2 Å². The van der Waals surface area contributed by atoms with E-state index in [0.717, 1.165) is 23.4 Å². The van der Waals surface area contributed by atoms with E-state index >= 15 is 0 Å². The molecule has 0 aliphatic rings. The molecule has 0 amide bonds. The van der Waals surface area contributed by atoms with Gasteiger partial charge in [-0.25, -0.2) is 4.79 Å². The fourth-order valence-corrected chi connectivity index (χ4v) is 2.05. The van der Waals surface area contributed by atoms with E-state index in [-0.39, 0.29) is 5.56 Å². The molecule has 2 aromatic rings. The first-order valence-corrected chi connectivity index (χ1v) is 6.15. The van der Waals surface area contributed by atoms with E-state index in [0.29, 0.717) is 5.69 Å². The van der Waals surface area contributed by atoms with E-state index in [9.17, 15) is 9.90 Å². The summed E-state index contributed by atoms with van der Waals surface area (Å²) in [5, 5.41) is 16.8. The van der Waals surface area contributed by atoms with Crippen molar-refractivity contribution in [2.45, 2.75) is 20.3 Å². The molecule has 0 fully saturated rings. The summed E-state index contributed by atoms with van der Waals surface area (Å²) in [5.41, 5.74) is 3.55. The van der Waals surface area contributed by atoms with Gasteiger partial charge in [0.25, 0.3) is 0 Å². The van der Waals surface area contributed by atoms with Crippen molar-refractivity contribution in [2.75, 3.05) is 5.32 Å². The van der Waals surface area contributed by atoms with E-state index in [1.165, 1.54) is 0 Å². The van der Waals surface area contributed by atoms with Crippen molar-refractivity contribution < 1.29 is 9.90 Å². The molecule has 2 rings (SSSR count). The quantitative estimate of drug-likeness (QED) is 0.886. The summed E-state index contributed by atoms with van der Waals surface area (Å²) in [6.45, 7) is 3.90. The Hall–Kier alpha value is -2.30. The van der Waals surface area contributed by atoms with Gasteiger partial charge in [-0.1, -0.05) is 19.1 Å². The van der Waals surface area contributed by atoms with Crippen molar-refractivity contribution >= 4 is 17.3 Å². The minimum atomic E-state index is -0.937. The first kappa shape index (κ1) is 13.1. The molecule has 0 radical (unpaired) electrons. The molecule has 0 aliphatic heterocycles. The predicted molar refractivity (Wildman–Crippen MR) is 74.0 cm³/mol. The zero-order valence-electron chi connectivity index (χ0n) is 11.3. The van der Waals surface area contributed by atoms with Gasteiger partial charge in [-0.2, -0.15) is 5.10 Å². The first-order valence-electron chi connectivity index (χ1n) is 6.15. The van der Waals surface area contributed by atoms with Crippen LogP contribution in [0.15, 0.2) is 24.4 Å². The molecular weight excluding hydrogens is 242 g/mol. The molecule has 100 valence electrons. The number of aromatic nitrogens is 2. The summed E-state index contributed by atoms with van der Waals surface area (Å²) in [4.78, 5) is 11.3. The monoisotopic (exact) mass is 259 g/mol. The summed E-state index contributed by atoms with van der Waals surface area (Å²) >= 11 is 0. The molecule has 1 aromatic carbocycles. The van der Waals surface area contributed by atoms with Crippen LogP contribution < -0.4 is 5.32 Å². The van der Waals surface area contributed by atoms with Gasteiger partial charge in [0.2, 0.25) is 0 Å². The van der Waals surface area contributed by atoms with Crippen LogP contribution in [0.3, 0.4) is 0 Å². The smallest absolute Gasteiger partial charge is 0.337 e. The van der Waals surface area contributed by atoms with Gasteiger partial charge < -0.3 is 10.4 Å². The average Bonchev–Trinajstić information content (AvgIpc) is 2.71. The normalized spacial score (nSPS) is 10.5. The van der Waals surface area contributed by atoms with E-state index in [2.05, 4.69) is 10.4 Å². The second-order valence-corrected chi connectivity index (χ2v) is 4.44. The van der Waals surface area contributed by atoms with E-state index < -0.39 is 5.97 Å². The molecule has 1 heterocycles. The third kappa shape index (κ3) is 2.59. The molecule has 0 unspecified atom stereocenters. The summed E-state index contributed by atoms with van der Waals surface area (Å²) in [5.74, 6) is -0.937. The van der Waals surface area contributed by atoms with Crippen LogP contribution in [-0.2, 0) is 13.5 Å². The van der Waals surface area contributed by atoms with Gasteiger partial charge in [-0.15, -0.1) is 0 Å². The molecule has 0 spiro atoms. The van der Waals surface area contributed by atoms with Gasteiger partial charge >= 0.3 is 5.97 Å². The van der Waals surface area contributed by atoms with Crippen molar-refractivity contribution in [1.82, 2.24) is 9.78 Å². The van der Waals surface area contributed by atoms with Crippen LogP contribution in [0.5, 0.6) is 0 Å². The highest BCUT2D eigenvalue weighted by atomic mass is 16.4. The zero-order valence-corrected chi connectivity index (χ0v) is 11.3. The highest BCUT2D eigenvalue weighted by Gasteiger charge is 2.14. The molecule has 0 saturated carbocycles. The standard InChI is InChI=1S/C14H17N3O2/c1-4-11-12(8-17(3)16-11)15-13-9(2)6-5-7-10(13)14(18)19/h5-8,15H,4H2,1-3H3,(H,18,19). The Morgan fingerprint density at radius 3 is 2.84 bits per heavy atom. The third-order valence-corrected chi connectivity index (χ3v) is 3.00. The summed E-state index contributed by atoms with van der Waals surface area (Å²) in [6, 6.07) is 5.23. The summed E-state index contributed by atoms with van der Waals surface area (Å²) < 4.78 is 1.72. The van der Waals surface area contributed by atoms with Gasteiger partial charge in [-0.05, 0) is 25.0 Å². The van der Waals surface area contributed by atoms with Crippen molar-refractivity contribution in [3.05, 3.63) is 41.2 Å². The number of nitrogens with one attached hydrogen (secondary N) is 1. The second-order valence-electron chi connectivity index (χ2n) is 4.44. The fraction of sp³-hybridized carbons (Fsp3) is 0.286. The lowest BCUT2D eigenvalue weighted by molar-refractivity contribution is 0.0698. The lowest BCUT2D eigenvalue weighted by atomic mass is 10.1. The highest BCUT2D eigenvalue weighted by molar-refractivity contribution is 5.96. The number of hydrogen-bond donors (Lipinski definition) is 2. The number of benzene rings is 1. The van der Waals surface area contributed by atoms with E-state index in [1.54, 1.807) is 16.8 Å². The number of hydrogen-bond acceptors (Lipinski definition) is 3. The van der Waals surface area contributed by atoms with Crippen LogP contribution in [0.2, 0.25) is 0 Å². The number of nitrogens with zero attached hydrogens (tertiary/aromatic N) is 2. The SMILES string of the molecule is CCc1nn(C)cc1Nc1c(C)cccc1C(=O)O. The summed E-state index contributed by atoms with van der Waals surface area (Å²) in [7, 11) is 1.85. The van der Waals surface area contributed by atoms with Crippen LogP contribution in [0.4, 0.5) is 11.4 Å². The van der Waals surface area contributed by atoms with Crippen LogP contribution in [0, 0.1) is 6.92 Å². The topological polar surface area (TPSA) is 67.2 Å². The molecule has 1 aromatic heterocycles. The Balaban J connectivity index is 2.45. The molecule has 0 saturated heterocycles. The van der Waals surface area contributed by atoms with Crippen LogP contribution in [0.1, 0.15) is 28.5 Å². The Bertz CT molecular complexity index is 617. The van der Waals surface area contributed by atoms with Crippen molar-refractivity contribution in [1.29, 1.82) is 0 Å². The zero-order chi connectivity index (χ0) is 14.0. The second kappa shape index (κ2) is 5.14. The van der Waals surface area contributed by atoms with E-state index in [4.69, 9.17) is 0 Å². The molecule has 0 aliphatic carbocycles. The largest absolute Gasteiger partial charge is 0.478 e. The molecular formula is C14H17N3O2. The molecule has 5 heteroatoms. The summed E-state index contributed by atoms with van der Waals surface area (Å²) in [6.07, 6.45) is 2.65. The minimum Gasteiger partial charge on any atom is -0.478 e. The fourth-order valence-electron chi connectivity index (χ4n) is 2.05. The van der Waals surface area contributed by atoms with Gasteiger partial charge in [0.05, 0.1) is 22.6 Å². The number of aryl methyl sites for hydroxylation is 3. The molecule has 0 atom stereocenters. The molecule has 2 N–H and O–H groups in total. The number of carboxylic acids is 1. The van der Waals surface area contributed by atoms with Crippen LogP contribution in [-0.4, -0.2) is 20.9 Å². The molecule has 19 heavy (non-hydrogen) atoms. The Morgan fingerprint density at radius 2 is 2.21 bits per heavy atom. The van der Waals surface area contributed by atoms with Crippen LogP contribution in [0.25, 0.3) is 0 Å². The van der Waals surface area contributed by atoms with Gasteiger partial charge in [-0.3, -0.25) is 4.68 Å². The first-order chi connectivity index (χ1) is 9.02. The average molecular weight is 259 g/mol. The maximum Gasteiger partial charge on any atom is 0.337 e. The van der Waals surface area contributed by atoms with E-state index in [1.807, 2.05) is 33.2 Å². The van der Waals surface area contributed by atoms with Crippen LogP contribution >= 0.6 is 0 Å². The van der Waals surface area contributed by atoms with Crippen molar-refractivity contribution in [3.8, 4) is 0 Å². The minimum absolute atomic E-state index is 0.269. The van der Waals surface area contributed by atoms with Gasteiger partial charge in [0.1, 0.15) is 0 Å². The Kier molecular flexibility index (Phi) is 3.55. The number of carbonyl (C=O) groups is 1. The number of rotatable bonds is 4. The number of para-hydroxylation sites is 1. The number of aromatic carboxylic acids is 1. The van der Waals surface area contributed by atoms with Gasteiger partial charge in [0.15, 0.2) is 0 Å². The maximum atomic E-state index is 11.3. The maximum absolute atomic E-state index is 11.3. The Labute approximate surface area is 111 Å². The Morgan fingerprint density at radius 1 is 1.47 bits per heavy atom. The predicted octanol–water partition coefficient (Wildman–Crippen LogP) is 2.73. The lowest BCUT2D eigenvalue weighted by Crippen LogP contribution is -2.05. The molecule has 0 bridgehead atoms. The highest BCUT2D eigenvalue weighted by Crippen LogP contribution is 2.26. The lowest BCUT2D eigenvalue weighted by Gasteiger charge is -2.12. The number of anilines is 2. The third-order valence-electron chi connectivity index (χ3n) is 3.00. The van der Waals surface area contributed by atoms with Crippen molar-refractivity contribution in [3.63, 3.8) is 0 Å². The molecule has 5 nitrogen and oxygen atoms in total.